The van der Waals surface area contributed by atoms with E-state index in [1.54, 1.807) is 0 Å². The summed E-state index contributed by atoms with van der Waals surface area (Å²) >= 11 is 1.36. The number of nitrogens with one attached hydrogen (secondary N) is 1. The number of carbonyl (C=O) groups is 1. The number of anilines is 1. The summed E-state index contributed by atoms with van der Waals surface area (Å²) in [4.78, 5) is 11.6. The molecule has 0 aliphatic rings. The number of halogens is 1. The summed E-state index contributed by atoms with van der Waals surface area (Å²) < 4.78 is 18.0. The highest BCUT2D eigenvalue weighted by Crippen LogP contribution is 2.15. The lowest BCUT2D eigenvalue weighted by atomic mass is 10.3. The quantitative estimate of drug-likeness (QED) is 0.890. The summed E-state index contributed by atoms with van der Waals surface area (Å²) in [6.45, 7) is 2.19. The molecule has 2 rings (SSSR count). The molecule has 0 radical (unpaired) electrons. The number of nitrogens with zero attached hydrogens (tertiary/aromatic N) is 2. The largest absolute Gasteiger partial charge is 0.493 e. The molecule has 0 aliphatic heterocycles. The maximum atomic E-state index is 12.7. The molecular formula is C13H14FN3O2S. The predicted molar refractivity (Wildman–Crippen MR) is 74.4 cm³/mol. The Morgan fingerprint density at radius 2 is 2.10 bits per heavy atom. The SMILES string of the molecule is CCc1nnc(NC(=O)CCOc2ccc(F)cc2)s1. The minimum absolute atomic E-state index is 0.189. The summed E-state index contributed by atoms with van der Waals surface area (Å²) in [5, 5.41) is 11.8. The average Bonchev–Trinajstić information content (AvgIpc) is 2.88. The molecule has 20 heavy (non-hydrogen) atoms. The first-order chi connectivity index (χ1) is 9.67. The Hall–Kier alpha value is -2.02. The molecule has 0 saturated carbocycles. The van der Waals surface area contributed by atoms with E-state index < -0.39 is 0 Å². The van der Waals surface area contributed by atoms with E-state index in [0.29, 0.717) is 10.9 Å². The van der Waals surface area contributed by atoms with Crippen molar-refractivity contribution < 1.29 is 13.9 Å². The zero-order valence-corrected chi connectivity index (χ0v) is 11.7. The Morgan fingerprint density at radius 1 is 1.35 bits per heavy atom. The van der Waals surface area contributed by atoms with Gasteiger partial charge >= 0.3 is 0 Å². The van der Waals surface area contributed by atoms with Crippen LogP contribution in [0.2, 0.25) is 0 Å². The first-order valence-corrected chi connectivity index (χ1v) is 6.99. The molecule has 0 saturated heterocycles. The number of amides is 1. The number of hydrogen-bond donors (Lipinski definition) is 1. The van der Waals surface area contributed by atoms with Crippen molar-refractivity contribution in [1.29, 1.82) is 0 Å². The van der Waals surface area contributed by atoms with Crippen molar-refractivity contribution in [2.75, 3.05) is 11.9 Å². The van der Waals surface area contributed by atoms with Gasteiger partial charge < -0.3 is 10.1 Å². The van der Waals surface area contributed by atoms with E-state index in [2.05, 4.69) is 15.5 Å². The Bertz CT molecular complexity index is 571. The van der Waals surface area contributed by atoms with Crippen LogP contribution in [0.4, 0.5) is 9.52 Å². The second-order valence-electron chi connectivity index (χ2n) is 3.96. The zero-order valence-electron chi connectivity index (χ0n) is 10.9. The number of hydrogen-bond acceptors (Lipinski definition) is 5. The molecule has 1 heterocycles. The number of rotatable bonds is 6. The van der Waals surface area contributed by atoms with Crippen molar-refractivity contribution in [3.8, 4) is 5.75 Å². The van der Waals surface area contributed by atoms with Gasteiger partial charge in [-0.25, -0.2) is 4.39 Å². The van der Waals surface area contributed by atoms with Crippen LogP contribution in [0.15, 0.2) is 24.3 Å². The van der Waals surface area contributed by atoms with Crippen molar-refractivity contribution in [1.82, 2.24) is 10.2 Å². The number of benzene rings is 1. The number of carbonyl (C=O) groups excluding carboxylic acids is 1. The first-order valence-electron chi connectivity index (χ1n) is 6.18. The van der Waals surface area contributed by atoms with Gasteiger partial charge in [0, 0.05) is 0 Å². The molecule has 5 nitrogen and oxygen atoms in total. The minimum Gasteiger partial charge on any atom is -0.493 e. The lowest BCUT2D eigenvalue weighted by molar-refractivity contribution is -0.116. The molecule has 2 aromatic rings. The fourth-order valence-electron chi connectivity index (χ4n) is 1.42. The van der Waals surface area contributed by atoms with Crippen molar-refractivity contribution in [2.24, 2.45) is 0 Å². The van der Waals surface area contributed by atoms with Crippen LogP contribution in [0.1, 0.15) is 18.4 Å². The van der Waals surface area contributed by atoms with E-state index >= 15 is 0 Å². The van der Waals surface area contributed by atoms with E-state index in [1.807, 2.05) is 6.92 Å². The van der Waals surface area contributed by atoms with Gasteiger partial charge in [-0.05, 0) is 30.7 Å². The smallest absolute Gasteiger partial charge is 0.229 e. The van der Waals surface area contributed by atoms with Crippen molar-refractivity contribution in [3.05, 3.63) is 35.1 Å². The minimum atomic E-state index is -0.321. The van der Waals surface area contributed by atoms with Crippen LogP contribution in [-0.4, -0.2) is 22.7 Å². The molecular weight excluding hydrogens is 281 g/mol. The van der Waals surface area contributed by atoms with E-state index in [9.17, 15) is 9.18 Å². The Balaban J connectivity index is 1.73. The highest BCUT2D eigenvalue weighted by atomic mass is 32.1. The third-order valence-corrected chi connectivity index (χ3v) is 3.41. The van der Waals surface area contributed by atoms with Crippen molar-refractivity contribution in [2.45, 2.75) is 19.8 Å². The molecule has 1 N–H and O–H groups in total. The van der Waals surface area contributed by atoms with Gasteiger partial charge in [-0.3, -0.25) is 4.79 Å². The van der Waals surface area contributed by atoms with Gasteiger partial charge in [-0.15, -0.1) is 10.2 Å². The summed E-state index contributed by atoms with van der Waals surface area (Å²) in [5.41, 5.74) is 0. The van der Waals surface area contributed by atoms with Gasteiger partial charge in [0.1, 0.15) is 16.6 Å². The number of aryl methyl sites for hydroxylation is 1. The van der Waals surface area contributed by atoms with E-state index in [-0.39, 0.29) is 24.8 Å². The van der Waals surface area contributed by atoms with Gasteiger partial charge in [0.05, 0.1) is 13.0 Å². The normalized spacial score (nSPS) is 10.3. The molecule has 1 amide bonds. The number of ether oxygens (including phenoxy) is 1. The average molecular weight is 295 g/mol. The molecule has 7 heteroatoms. The Kier molecular flexibility index (Phi) is 5.00. The summed E-state index contributed by atoms with van der Waals surface area (Å²) in [5.74, 6) is 0.0207. The van der Waals surface area contributed by atoms with E-state index in [1.165, 1.54) is 35.6 Å². The second-order valence-corrected chi connectivity index (χ2v) is 5.02. The molecule has 1 aromatic heterocycles. The van der Waals surface area contributed by atoms with Crippen LogP contribution in [0.5, 0.6) is 5.75 Å². The third kappa shape index (κ3) is 4.27. The van der Waals surface area contributed by atoms with E-state index in [4.69, 9.17) is 4.74 Å². The Morgan fingerprint density at radius 3 is 2.75 bits per heavy atom. The molecule has 0 spiro atoms. The van der Waals surface area contributed by atoms with E-state index in [0.717, 1.165) is 11.4 Å². The second kappa shape index (κ2) is 6.95. The predicted octanol–water partition coefficient (Wildman–Crippen LogP) is 2.65. The maximum Gasteiger partial charge on any atom is 0.229 e. The van der Waals surface area contributed by atoms with Gasteiger partial charge in [-0.1, -0.05) is 18.3 Å². The van der Waals surface area contributed by atoms with Gasteiger partial charge in [0.25, 0.3) is 0 Å². The van der Waals surface area contributed by atoms with Crippen molar-refractivity contribution in [3.63, 3.8) is 0 Å². The van der Waals surface area contributed by atoms with Crippen LogP contribution in [0.25, 0.3) is 0 Å². The highest BCUT2D eigenvalue weighted by molar-refractivity contribution is 7.15. The van der Waals surface area contributed by atoms with Crippen LogP contribution in [-0.2, 0) is 11.2 Å². The van der Waals surface area contributed by atoms with Gasteiger partial charge in [0.2, 0.25) is 11.0 Å². The zero-order chi connectivity index (χ0) is 14.4. The third-order valence-electron chi connectivity index (χ3n) is 2.43. The molecule has 0 bridgehead atoms. The molecule has 1 aromatic carbocycles. The summed E-state index contributed by atoms with van der Waals surface area (Å²) in [6, 6.07) is 5.66. The van der Waals surface area contributed by atoms with Crippen LogP contribution in [0.3, 0.4) is 0 Å². The molecule has 0 fully saturated rings. The molecule has 0 aliphatic carbocycles. The number of aromatic nitrogens is 2. The van der Waals surface area contributed by atoms with Crippen LogP contribution < -0.4 is 10.1 Å². The summed E-state index contributed by atoms with van der Waals surface area (Å²) in [6.07, 6.45) is 0.986. The maximum absolute atomic E-state index is 12.7. The Labute approximate surface area is 119 Å². The molecule has 106 valence electrons. The fourth-order valence-corrected chi connectivity index (χ4v) is 2.12. The fraction of sp³-hybridized carbons (Fsp3) is 0.308. The molecule has 0 atom stereocenters. The van der Waals surface area contributed by atoms with Crippen LogP contribution in [0, 0.1) is 5.82 Å². The monoisotopic (exact) mass is 295 g/mol. The van der Waals surface area contributed by atoms with Crippen LogP contribution >= 0.6 is 11.3 Å². The van der Waals surface area contributed by atoms with Gasteiger partial charge in [-0.2, -0.15) is 0 Å². The lowest BCUT2D eigenvalue weighted by Gasteiger charge is -2.05. The topological polar surface area (TPSA) is 64.1 Å². The molecule has 0 unspecified atom stereocenters. The summed E-state index contributed by atoms with van der Waals surface area (Å²) in [7, 11) is 0. The first kappa shape index (κ1) is 14.4. The standard InChI is InChI=1S/C13H14FN3O2S/c1-2-12-16-17-13(20-12)15-11(18)7-8-19-10-5-3-9(14)4-6-10/h3-6H,2,7-8H2,1H3,(H,15,17,18). The van der Waals surface area contributed by atoms with Gasteiger partial charge in [0.15, 0.2) is 0 Å². The lowest BCUT2D eigenvalue weighted by Crippen LogP contribution is -2.15. The van der Waals surface area contributed by atoms with Crippen molar-refractivity contribution >= 4 is 22.4 Å². The highest BCUT2D eigenvalue weighted by Gasteiger charge is 2.07.